The predicted molar refractivity (Wildman–Crippen MR) is 107 cm³/mol. The standard InChI is InChI=1S/C22H24N2O5/c25-11-5-10-23-22(20(26)27)13-24(14-22)21(28)29-12-19-17-8-3-1-6-15(17)16-7-2-4-9-18(16)19/h1-4,6-9,19,23,25H,5,10-14H2,(H,26,27). The molecule has 1 saturated heterocycles. The highest BCUT2D eigenvalue weighted by Crippen LogP contribution is 2.44. The molecule has 2 aromatic rings. The first-order valence-corrected chi connectivity index (χ1v) is 9.75. The van der Waals surface area contributed by atoms with Crippen LogP contribution in [0, 0.1) is 0 Å². The summed E-state index contributed by atoms with van der Waals surface area (Å²) in [5.41, 5.74) is 3.42. The molecule has 0 radical (unpaired) electrons. The average molecular weight is 396 g/mol. The minimum atomic E-state index is -1.17. The number of rotatable bonds is 7. The highest BCUT2D eigenvalue weighted by atomic mass is 16.6. The molecular weight excluding hydrogens is 372 g/mol. The van der Waals surface area contributed by atoms with Crippen molar-refractivity contribution in [2.45, 2.75) is 17.9 Å². The van der Waals surface area contributed by atoms with Crippen LogP contribution in [0.2, 0.25) is 0 Å². The number of benzene rings is 2. The van der Waals surface area contributed by atoms with E-state index in [1.54, 1.807) is 0 Å². The first kappa shape index (κ1) is 19.4. The smallest absolute Gasteiger partial charge is 0.409 e. The second-order valence-corrected chi connectivity index (χ2v) is 7.55. The summed E-state index contributed by atoms with van der Waals surface area (Å²) in [5, 5.41) is 21.3. The number of carbonyl (C=O) groups is 2. The van der Waals surface area contributed by atoms with Crippen molar-refractivity contribution in [2.75, 3.05) is 32.8 Å². The van der Waals surface area contributed by atoms with Crippen LogP contribution in [0.5, 0.6) is 0 Å². The molecule has 7 nitrogen and oxygen atoms in total. The first-order chi connectivity index (χ1) is 14.1. The molecule has 0 saturated carbocycles. The van der Waals surface area contributed by atoms with Crippen LogP contribution in [-0.4, -0.2) is 65.6 Å². The summed E-state index contributed by atoms with van der Waals surface area (Å²) in [5.74, 6) is -1.03. The fourth-order valence-corrected chi connectivity index (χ4v) is 4.15. The molecule has 0 bridgehead atoms. The third kappa shape index (κ3) is 3.47. The van der Waals surface area contributed by atoms with Crippen molar-refractivity contribution in [3.63, 3.8) is 0 Å². The fourth-order valence-electron chi connectivity index (χ4n) is 4.15. The molecule has 7 heteroatoms. The summed E-state index contributed by atoms with van der Waals surface area (Å²) in [7, 11) is 0. The van der Waals surface area contributed by atoms with E-state index in [2.05, 4.69) is 29.6 Å². The van der Waals surface area contributed by atoms with Gasteiger partial charge in [-0.15, -0.1) is 0 Å². The summed E-state index contributed by atoms with van der Waals surface area (Å²) < 4.78 is 5.57. The lowest BCUT2D eigenvalue weighted by molar-refractivity contribution is -0.151. The van der Waals surface area contributed by atoms with Crippen LogP contribution in [0.1, 0.15) is 23.5 Å². The predicted octanol–water partition coefficient (Wildman–Crippen LogP) is 2.05. The summed E-state index contributed by atoms with van der Waals surface area (Å²) >= 11 is 0. The monoisotopic (exact) mass is 396 g/mol. The Bertz CT molecular complexity index is 877. The van der Waals surface area contributed by atoms with Gasteiger partial charge in [0, 0.05) is 12.5 Å². The molecule has 2 aliphatic rings. The van der Waals surface area contributed by atoms with Crippen molar-refractivity contribution in [1.29, 1.82) is 0 Å². The van der Waals surface area contributed by atoms with Gasteiger partial charge in [-0.1, -0.05) is 48.5 Å². The maximum atomic E-state index is 12.5. The van der Waals surface area contributed by atoms with Crippen LogP contribution >= 0.6 is 0 Å². The Morgan fingerprint density at radius 2 is 1.66 bits per heavy atom. The number of aliphatic carboxylic acids is 1. The van der Waals surface area contributed by atoms with Crippen LogP contribution in [0.15, 0.2) is 48.5 Å². The maximum Gasteiger partial charge on any atom is 0.409 e. The van der Waals surface area contributed by atoms with Crippen molar-refractivity contribution in [3.8, 4) is 11.1 Å². The van der Waals surface area contributed by atoms with Crippen molar-refractivity contribution < 1.29 is 24.5 Å². The van der Waals surface area contributed by atoms with E-state index in [1.165, 1.54) is 4.90 Å². The molecule has 2 aromatic carbocycles. The largest absolute Gasteiger partial charge is 0.480 e. The van der Waals surface area contributed by atoms with E-state index in [9.17, 15) is 14.7 Å². The minimum Gasteiger partial charge on any atom is -0.480 e. The van der Waals surface area contributed by atoms with E-state index in [4.69, 9.17) is 9.84 Å². The highest BCUT2D eigenvalue weighted by Gasteiger charge is 2.51. The molecule has 1 amide bonds. The number of likely N-dealkylation sites (tertiary alicyclic amines) is 1. The van der Waals surface area contributed by atoms with Crippen LogP contribution < -0.4 is 5.32 Å². The number of aliphatic hydroxyl groups excluding tert-OH is 1. The van der Waals surface area contributed by atoms with Crippen LogP contribution in [0.3, 0.4) is 0 Å². The van der Waals surface area contributed by atoms with Gasteiger partial charge >= 0.3 is 12.1 Å². The Balaban J connectivity index is 1.39. The molecule has 0 atom stereocenters. The first-order valence-electron chi connectivity index (χ1n) is 9.75. The van der Waals surface area contributed by atoms with Crippen LogP contribution in [0.25, 0.3) is 11.1 Å². The SMILES string of the molecule is O=C(OCC1c2ccccc2-c2ccccc21)N1CC(NCCCO)(C(=O)O)C1. The minimum absolute atomic E-state index is 0.0151. The second kappa shape index (κ2) is 7.85. The zero-order valence-corrected chi connectivity index (χ0v) is 16.0. The van der Waals surface area contributed by atoms with Crippen LogP contribution in [-0.2, 0) is 9.53 Å². The van der Waals surface area contributed by atoms with E-state index >= 15 is 0 Å². The van der Waals surface area contributed by atoms with E-state index in [0.717, 1.165) is 22.3 Å². The van der Waals surface area contributed by atoms with Gasteiger partial charge in [-0.3, -0.25) is 10.1 Å². The molecule has 152 valence electrons. The normalized spacial score (nSPS) is 16.7. The van der Waals surface area contributed by atoms with Crippen molar-refractivity contribution in [1.82, 2.24) is 10.2 Å². The number of aliphatic hydroxyl groups is 1. The van der Waals surface area contributed by atoms with E-state index in [0.29, 0.717) is 13.0 Å². The third-order valence-corrected chi connectivity index (χ3v) is 5.72. The van der Waals surface area contributed by atoms with Crippen LogP contribution in [0.4, 0.5) is 4.79 Å². The quantitative estimate of drug-likeness (QED) is 0.620. The molecular formula is C22H24N2O5. The van der Waals surface area contributed by atoms with Gasteiger partial charge in [0.25, 0.3) is 0 Å². The number of carbonyl (C=O) groups excluding carboxylic acids is 1. The highest BCUT2D eigenvalue weighted by molar-refractivity contribution is 5.84. The molecule has 0 unspecified atom stereocenters. The lowest BCUT2D eigenvalue weighted by Crippen LogP contribution is -2.74. The van der Waals surface area contributed by atoms with Gasteiger partial charge in [-0.2, -0.15) is 0 Å². The van der Waals surface area contributed by atoms with Crippen molar-refractivity contribution >= 4 is 12.1 Å². The van der Waals surface area contributed by atoms with Gasteiger partial charge in [-0.25, -0.2) is 4.79 Å². The van der Waals surface area contributed by atoms with Gasteiger partial charge in [0.15, 0.2) is 5.54 Å². The fraction of sp³-hybridized carbons (Fsp3) is 0.364. The van der Waals surface area contributed by atoms with Crippen molar-refractivity contribution in [2.24, 2.45) is 0 Å². The molecule has 4 rings (SSSR count). The molecule has 1 aliphatic heterocycles. The molecule has 1 fully saturated rings. The number of carboxylic acid groups (broad SMARTS) is 1. The average Bonchev–Trinajstić information content (AvgIpc) is 3.01. The molecule has 3 N–H and O–H groups in total. The topological polar surface area (TPSA) is 99.1 Å². The lowest BCUT2D eigenvalue weighted by atomic mass is 9.90. The third-order valence-electron chi connectivity index (χ3n) is 5.72. The molecule has 0 aromatic heterocycles. The van der Waals surface area contributed by atoms with Gasteiger partial charge in [0.1, 0.15) is 6.61 Å². The van der Waals surface area contributed by atoms with Gasteiger partial charge in [0.05, 0.1) is 13.1 Å². The maximum absolute atomic E-state index is 12.5. The van der Waals surface area contributed by atoms with Gasteiger partial charge in [-0.05, 0) is 35.2 Å². The summed E-state index contributed by atoms with van der Waals surface area (Å²) in [6.07, 6.45) is -0.0485. The summed E-state index contributed by atoms with van der Waals surface area (Å²) in [4.78, 5) is 25.5. The Kier molecular flexibility index (Phi) is 5.25. The lowest BCUT2D eigenvalue weighted by Gasteiger charge is -2.46. The number of hydrogen-bond acceptors (Lipinski definition) is 5. The zero-order chi connectivity index (χ0) is 20.4. The number of fused-ring (bicyclic) bond motifs is 3. The van der Waals surface area contributed by atoms with E-state index < -0.39 is 17.6 Å². The Hall–Kier alpha value is -2.90. The van der Waals surface area contributed by atoms with Gasteiger partial charge in [0.2, 0.25) is 0 Å². The van der Waals surface area contributed by atoms with Gasteiger partial charge < -0.3 is 19.8 Å². The van der Waals surface area contributed by atoms with E-state index in [-0.39, 0.29) is 32.2 Å². The zero-order valence-electron chi connectivity index (χ0n) is 16.0. The number of amides is 1. The summed E-state index contributed by atoms with van der Waals surface area (Å²) in [6.45, 7) is 0.663. The second-order valence-electron chi connectivity index (χ2n) is 7.55. The van der Waals surface area contributed by atoms with E-state index in [1.807, 2.05) is 24.3 Å². The Morgan fingerprint density at radius 3 is 2.21 bits per heavy atom. The molecule has 29 heavy (non-hydrogen) atoms. The molecule has 0 spiro atoms. The Morgan fingerprint density at radius 1 is 1.07 bits per heavy atom. The molecule has 1 heterocycles. The Labute approximate surface area is 168 Å². The number of hydrogen-bond donors (Lipinski definition) is 3. The number of nitrogens with zero attached hydrogens (tertiary/aromatic N) is 1. The number of nitrogens with one attached hydrogen (secondary N) is 1. The number of carboxylic acids is 1. The summed E-state index contributed by atoms with van der Waals surface area (Å²) in [6, 6.07) is 16.2. The van der Waals surface area contributed by atoms with Crippen molar-refractivity contribution in [3.05, 3.63) is 59.7 Å². The number of ether oxygens (including phenoxy) is 1. The molecule has 1 aliphatic carbocycles.